The molecule has 0 amide bonds. The Hall–Kier alpha value is -2.60. The average molecular weight is 628 g/mol. The Bertz CT molecular complexity index is 1500. The van der Waals surface area contributed by atoms with Crippen molar-refractivity contribution in [3.8, 4) is 17.6 Å². The average Bonchev–Trinajstić information content (AvgIpc) is 3.37. The number of nitriles is 1. The Morgan fingerprint density at radius 3 is 2.44 bits per heavy atom. The largest absolute Gasteiger partial charge is 0.494 e. The molecular weight excluding hydrogens is 592 g/mol. The molecular formula is C26H35FN5O6PS2. The minimum atomic E-state index is -4.53. The SMILES string of the molecule is N#Cc1ccc(OP(=O)(O)CNS(=O)(=O)c2cc3cc(OCCCN(CCCN)CCCCN)ccc3s2)cc1F. The lowest BCUT2D eigenvalue weighted by Gasteiger charge is -2.22. The summed E-state index contributed by atoms with van der Waals surface area (Å²) in [5.74, 6) is -0.635. The third-order valence-corrected chi connectivity index (χ3v) is 10.2. The van der Waals surface area contributed by atoms with Gasteiger partial charge >= 0.3 is 7.60 Å². The van der Waals surface area contributed by atoms with Crippen LogP contribution in [0.4, 0.5) is 4.39 Å². The van der Waals surface area contributed by atoms with Crippen LogP contribution >= 0.6 is 18.9 Å². The summed E-state index contributed by atoms with van der Waals surface area (Å²) in [6.07, 6.45) is 2.83. The number of sulfonamides is 1. The molecule has 15 heteroatoms. The van der Waals surface area contributed by atoms with Gasteiger partial charge in [-0.2, -0.15) is 9.98 Å². The lowest BCUT2D eigenvalue weighted by molar-refractivity contribution is 0.230. The fraction of sp³-hybridized carbons (Fsp3) is 0.423. The number of benzene rings is 2. The molecule has 0 aliphatic heterocycles. The van der Waals surface area contributed by atoms with E-state index in [1.165, 1.54) is 6.07 Å². The summed E-state index contributed by atoms with van der Waals surface area (Å²) in [6, 6.07) is 11.4. The molecule has 1 unspecified atom stereocenters. The monoisotopic (exact) mass is 627 g/mol. The molecule has 6 N–H and O–H groups in total. The number of fused-ring (bicyclic) bond motifs is 1. The van der Waals surface area contributed by atoms with Gasteiger partial charge in [-0.05, 0) is 93.6 Å². The number of hydrogen-bond donors (Lipinski definition) is 4. The van der Waals surface area contributed by atoms with Crippen LogP contribution in [-0.4, -0.2) is 63.8 Å². The van der Waals surface area contributed by atoms with Crippen LogP contribution in [0, 0.1) is 17.1 Å². The molecule has 0 radical (unpaired) electrons. The van der Waals surface area contributed by atoms with Crippen LogP contribution < -0.4 is 25.5 Å². The summed E-state index contributed by atoms with van der Waals surface area (Å²) in [7, 11) is -8.68. The Labute approximate surface area is 243 Å². The summed E-state index contributed by atoms with van der Waals surface area (Å²) in [5.41, 5.74) is 11.0. The molecule has 0 saturated heterocycles. The van der Waals surface area contributed by atoms with Crippen LogP contribution in [-0.2, 0) is 14.6 Å². The van der Waals surface area contributed by atoms with Gasteiger partial charge in [-0.25, -0.2) is 17.4 Å². The van der Waals surface area contributed by atoms with Crippen molar-refractivity contribution in [1.82, 2.24) is 9.62 Å². The van der Waals surface area contributed by atoms with E-state index < -0.39 is 29.7 Å². The van der Waals surface area contributed by atoms with E-state index in [1.54, 1.807) is 24.3 Å². The van der Waals surface area contributed by atoms with Gasteiger partial charge in [-0.15, -0.1) is 11.3 Å². The van der Waals surface area contributed by atoms with Gasteiger partial charge in [0.05, 0.1) is 12.2 Å². The lowest BCUT2D eigenvalue weighted by atomic mass is 10.2. The van der Waals surface area contributed by atoms with E-state index >= 15 is 0 Å². The van der Waals surface area contributed by atoms with E-state index in [-0.39, 0.29) is 15.5 Å². The number of nitrogens with zero attached hydrogens (tertiary/aromatic N) is 2. The number of rotatable bonds is 18. The first-order valence-electron chi connectivity index (χ1n) is 13.1. The van der Waals surface area contributed by atoms with Gasteiger partial charge in [-0.3, -0.25) is 0 Å². The maximum absolute atomic E-state index is 13.8. The number of hydrogen-bond acceptors (Lipinski definition) is 10. The molecule has 1 heterocycles. The van der Waals surface area contributed by atoms with Crippen molar-refractivity contribution in [3.63, 3.8) is 0 Å². The third-order valence-electron chi connectivity index (χ3n) is 5.99. The summed E-state index contributed by atoms with van der Waals surface area (Å²) in [6.45, 7) is 4.58. The van der Waals surface area contributed by atoms with Crippen molar-refractivity contribution in [2.45, 2.75) is 29.9 Å². The maximum atomic E-state index is 13.8. The molecule has 2 aromatic carbocycles. The summed E-state index contributed by atoms with van der Waals surface area (Å²) in [4.78, 5) is 12.5. The summed E-state index contributed by atoms with van der Waals surface area (Å²) >= 11 is 0.999. The van der Waals surface area contributed by atoms with Crippen molar-refractivity contribution >= 4 is 39.0 Å². The molecule has 0 spiro atoms. The van der Waals surface area contributed by atoms with Gasteiger partial charge in [0.15, 0.2) is 0 Å². The van der Waals surface area contributed by atoms with E-state index in [2.05, 4.69) is 9.62 Å². The van der Waals surface area contributed by atoms with Crippen molar-refractivity contribution in [1.29, 1.82) is 5.26 Å². The predicted molar refractivity (Wildman–Crippen MR) is 157 cm³/mol. The molecule has 0 fully saturated rings. The van der Waals surface area contributed by atoms with Crippen LogP contribution in [0.15, 0.2) is 46.7 Å². The highest BCUT2D eigenvalue weighted by molar-refractivity contribution is 7.92. The molecule has 1 atom stereocenters. The van der Waals surface area contributed by atoms with Crippen LogP contribution in [0.1, 0.15) is 31.2 Å². The molecule has 3 aromatic rings. The van der Waals surface area contributed by atoms with Gasteiger partial charge in [0.25, 0.3) is 10.0 Å². The predicted octanol–water partition coefficient (Wildman–Crippen LogP) is 3.57. The number of unbranched alkanes of at least 4 members (excludes halogenated alkanes) is 1. The Kier molecular flexibility index (Phi) is 12.5. The van der Waals surface area contributed by atoms with Crippen molar-refractivity contribution in [2.24, 2.45) is 11.5 Å². The molecule has 11 nitrogen and oxygen atoms in total. The minimum absolute atomic E-state index is 0.0536. The maximum Gasteiger partial charge on any atom is 0.391 e. The number of thiophene rings is 1. The third kappa shape index (κ3) is 10.3. The summed E-state index contributed by atoms with van der Waals surface area (Å²) < 4.78 is 65.4. The smallest absolute Gasteiger partial charge is 0.391 e. The second-order valence-corrected chi connectivity index (χ2v) is 14.1. The van der Waals surface area contributed by atoms with Gasteiger partial charge in [-0.1, -0.05) is 0 Å². The highest BCUT2D eigenvalue weighted by Crippen LogP contribution is 2.42. The Morgan fingerprint density at radius 1 is 1.02 bits per heavy atom. The highest BCUT2D eigenvalue weighted by Gasteiger charge is 2.27. The van der Waals surface area contributed by atoms with Gasteiger partial charge in [0, 0.05) is 17.3 Å². The first kappa shape index (κ1) is 32.9. The number of nitrogens with one attached hydrogen (secondary N) is 1. The zero-order valence-corrected chi connectivity index (χ0v) is 25.0. The molecule has 0 bridgehead atoms. The first-order chi connectivity index (χ1) is 19.6. The fourth-order valence-electron chi connectivity index (χ4n) is 3.91. The Balaban J connectivity index is 1.56. The molecule has 0 aliphatic rings. The standard InChI is InChI=1S/C26H35FN5O6PS2/c27-24-17-23(6-5-20(24)18-30)38-39(33,34)19-31-41(35,36)26-16-21-15-22(7-8-25(21)40-26)37-14-4-13-32(12-3-10-29)11-2-1-9-28/h5-8,15-17,31H,1-4,9-14,19,28-29H2,(H,33,34). The quantitative estimate of drug-likeness (QED) is 0.120. The molecule has 3 rings (SSSR count). The van der Waals surface area contributed by atoms with Gasteiger partial charge in [0.1, 0.15) is 33.9 Å². The lowest BCUT2D eigenvalue weighted by Crippen LogP contribution is -2.29. The van der Waals surface area contributed by atoms with Crippen LogP contribution in [0.5, 0.6) is 11.5 Å². The van der Waals surface area contributed by atoms with Crippen LogP contribution in [0.2, 0.25) is 0 Å². The molecule has 0 aliphatic carbocycles. The number of ether oxygens (including phenoxy) is 1. The molecule has 0 saturated carbocycles. The van der Waals surface area contributed by atoms with Gasteiger partial charge < -0.3 is 30.5 Å². The van der Waals surface area contributed by atoms with Crippen LogP contribution in [0.3, 0.4) is 0 Å². The Morgan fingerprint density at radius 2 is 1.73 bits per heavy atom. The minimum Gasteiger partial charge on any atom is -0.494 e. The van der Waals surface area contributed by atoms with E-state index in [1.807, 2.05) is 0 Å². The van der Waals surface area contributed by atoms with Crippen molar-refractivity contribution < 1.29 is 31.5 Å². The topological polar surface area (TPSA) is 181 Å². The molecule has 1 aromatic heterocycles. The van der Waals surface area contributed by atoms with E-state index in [4.69, 9.17) is 26.0 Å². The van der Waals surface area contributed by atoms with Crippen molar-refractivity contribution in [3.05, 3.63) is 53.8 Å². The first-order valence-corrected chi connectivity index (χ1v) is 17.1. The fourth-order valence-corrected chi connectivity index (χ4v) is 7.83. The molecule has 41 heavy (non-hydrogen) atoms. The number of nitrogens with two attached hydrogens (primary N) is 2. The second kappa shape index (κ2) is 15.6. The normalized spacial score (nSPS) is 13.3. The highest BCUT2D eigenvalue weighted by atomic mass is 32.2. The zero-order chi connectivity index (χ0) is 29.9. The van der Waals surface area contributed by atoms with Crippen molar-refractivity contribution in [2.75, 3.05) is 45.6 Å². The second-order valence-electron chi connectivity index (χ2n) is 9.23. The van der Waals surface area contributed by atoms with Gasteiger partial charge in [0.2, 0.25) is 0 Å². The van der Waals surface area contributed by atoms with Crippen LogP contribution in [0.25, 0.3) is 10.1 Å². The van der Waals surface area contributed by atoms with E-state index in [9.17, 15) is 22.3 Å². The zero-order valence-electron chi connectivity index (χ0n) is 22.5. The summed E-state index contributed by atoms with van der Waals surface area (Å²) in [5, 5.41) is 9.44. The van der Waals surface area contributed by atoms with E-state index in [0.717, 1.165) is 74.9 Å². The number of halogens is 1. The van der Waals surface area contributed by atoms with E-state index in [0.29, 0.717) is 35.5 Å². The molecule has 224 valence electrons.